The van der Waals surface area contributed by atoms with Crippen LogP contribution in [0, 0.1) is 17.8 Å². The van der Waals surface area contributed by atoms with Crippen LogP contribution in [0.15, 0.2) is 27.8 Å². The molecule has 10 nitrogen and oxygen atoms in total. The zero-order valence-electron chi connectivity index (χ0n) is 28.6. The Kier molecular flexibility index (Phi) is 14.2. The van der Waals surface area contributed by atoms with E-state index in [1.807, 2.05) is 18.2 Å². The minimum Gasteiger partial charge on any atom is -0.497 e. The molecule has 2 aromatic carbocycles. The highest BCUT2D eigenvalue weighted by Crippen LogP contribution is 2.33. The van der Waals surface area contributed by atoms with Gasteiger partial charge in [0.25, 0.3) is 10.9 Å². The molecular formula is C36H57N3O7. The summed E-state index contributed by atoms with van der Waals surface area (Å²) in [5.74, 6) is 2.48. The first-order chi connectivity index (χ1) is 22.2. The van der Waals surface area contributed by atoms with Crippen molar-refractivity contribution in [2.24, 2.45) is 17.8 Å². The lowest BCUT2D eigenvalue weighted by Gasteiger charge is -2.40. The molecule has 1 aliphatic carbocycles. The summed E-state index contributed by atoms with van der Waals surface area (Å²) in [6.07, 6.45) is 8.72. The SMILES string of the molecule is COCCCO[C@H](C(C)C)[C@H]1CCCN(c2c(N[C@@H](CC3CCCCC3)[C@H](O)CNCc3cc(OC)cc(OC)c3)c(=O)c2=O)C1. The van der Waals surface area contributed by atoms with E-state index in [-0.39, 0.29) is 18.1 Å². The maximum absolute atomic E-state index is 13.1. The molecule has 2 fully saturated rings. The lowest BCUT2D eigenvalue weighted by Crippen LogP contribution is -2.51. The summed E-state index contributed by atoms with van der Waals surface area (Å²) in [5.41, 5.74) is 0.915. The molecule has 0 bridgehead atoms. The van der Waals surface area contributed by atoms with Crippen LogP contribution in [-0.2, 0) is 16.0 Å². The molecule has 258 valence electrons. The summed E-state index contributed by atoms with van der Waals surface area (Å²) in [7, 11) is 4.94. The van der Waals surface area contributed by atoms with Crippen molar-refractivity contribution in [2.45, 2.75) is 96.4 Å². The first-order valence-electron chi connectivity index (χ1n) is 17.3. The second-order valence-corrected chi connectivity index (χ2v) is 13.6. The number of benzene rings is 1. The number of methoxy groups -OCH3 is 3. The number of anilines is 2. The summed E-state index contributed by atoms with van der Waals surface area (Å²) in [6.45, 7) is 7.92. The predicted molar refractivity (Wildman–Crippen MR) is 183 cm³/mol. The zero-order valence-corrected chi connectivity index (χ0v) is 28.6. The fraction of sp³-hybridized carbons (Fsp3) is 0.722. The van der Waals surface area contributed by atoms with E-state index in [9.17, 15) is 14.7 Å². The Morgan fingerprint density at radius 1 is 0.935 bits per heavy atom. The van der Waals surface area contributed by atoms with Crippen molar-refractivity contribution < 1.29 is 24.1 Å². The maximum Gasteiger partial charge on any atom is 0.253 e. The van der Waals surface area contributed by atoms with Crippen LogP contribution >= 0.6 is 0 Å². The van der Waals surface area contributed by atoms with E-state index in [1.54, 1.807) is 21.3 Å². The molecule has 1 saturated carbocycles. The van der Waals surface area contributed by atoms with Crippen LogP contribution < -0.4 is 35.9 Å². The second kappa shape index (κ2) is 18.0. The Morgan fingerprint density at radius 2 is 1.65 bits per heavy atom. The Hall–Kier alpha value is -2.66. The van der Waals surface area contributed by atoms with E-state index < -0.39 is 17.0 Å². The first-order valence-corrected chi connectivity index (χ1v) is 17.3. The molecule has 1 heterocycles. The van der Waals surface area contributed by atoms with Crippen LogP contribution in [0.25, 0.3) is 0 Å². The van der Waals surface area contributed by atoms with Crippen LogP contribution in [0.4, 0.5) is 11.4 Å². The van der Waals surface area contributed by atoms with Gasteiger partial charge >= 0.3 is 0 Å². The van der Waals surface area contributed by atoms with Crippen molar-refractivity contribution in [2.75, 3.05) is 64.4 Å². The minimum absolute atomic E-state index is 0.0686. The van der Waals surface area contributed by atoms with Gasteiger partial charge in [0, 0.05) is 58.5 Å². The quantitative estimate of drug-likeness (QED) is 0.149. The smallest absolute Gasteiger partial charge is 0.253 e. The zero-order chi connectivity index (χ0) is 33.1. The number of piperidine rings is 1. The van der Waals surface area contributed by atoms with Crippen molar-refractivity contribution in [3.63, 3.8) is 0 Å². The van der Waals surface area contributed by atoms with E-state index in [0.29, 0.717) is 67.6 Å². The van der Waals surface area contributed by atoms with Crippen LogP contribution in [-0.4, -0.2) is 77.5 Å². The van der Waals surface area contributed by atoms with E-state index in [2.05, 4.69) is 29.4 Å². The van der Waals surface area contributed by atoms with E-state index >= 15 is 0 Å². The van der Waals surface area contributed by atoms with Gasteiger partial charge in [0.2, 0.25) is 0 Å². The number of nitrogens with zero attached hydrogens (tertiary/aromatic N) is 1. The third-order valence-corrected chi connectivity index (χ3v) is 9.78. The molecule has 0 spiro atoms. The molecule has 0 radical (unpaired) electrons. The third kappa shape index (κ3) is 9.69. The van der Waals surface area contributed by atoms with Crippen LogP contribution in [0.1, 0.15) is 77.2 Å². The number of aliphatic hydroxyl groups is 1. The van der Waals surface area contributed by atoms with Crippen molar-refractivity contribution in [1.82, 2.24) is 5.32 Å². The highest BCUT2D eigenvalue weighted by Gasteiger charge is 2.36. The van der Waals surface area contributed by atoms with Gasteiger partial charge in [0.05, 0.1) is 32.5 Å². The second-order valence-electron chi connectivity index (χ2n) is 13.6. The summed E-state index contributed by atoms with van der Waals surface area (Å²) in [6, 6.07) is 5.35. The normalized spacial score (nSPS) is 19.7. The van der Waals surface area contributed by atoms with Gasteiger partial charge in [0.15, 0.2) is 0 Å². The predicted octanol–water partition coefficient (Wildman–Crippen LogP) is 4.50. The fourth-order valence-corrected chi connectivity index (χ4v) is 7.35. The molecule has 2 aromatic rings. The lowest BCUT2D eigenvalue weighted by molar-refractivity contribution is -0.0275. The van der Waals surface area contributed by atoms with Crippen molar-refractivity contribution in [3.8, 4) is 11.5 Å². The molecule has 46 heavy (non-hydrogen) atoms. The Labute approximate surface area is 274 Å². The average molecular weight is 644 g/mol. The topological polar surface area (TPSA) is 119 Å². The molecule has 0 aromatic heterocycles. The fourth-order valence-electron chi connectivity index (χ4n) is 7.35. The molecule has 0 unspecified atom stereocenters. The van der Waals surface area contributed by atoms with Gasteiger partial charge in [-0.05, 0) is 55.2 Å². The molecule has 1 saturated heterocycles. The van der Waals surface area contributed by atoms with E-state index in [0.717, 1.165) is 50.6 Å². The summed E-state index contributed by atoms with van der Waals surface area (Å²) in [5, 5.41) is 18.3. The lowest BCUT2D eigenvalue weighted by atomic mass is 9.83. The van der Waals surface area contributed by atoms with Gasteiger partial charge in [-0.3, -0.25) is 9.59 Å². The standard InChI is InChI=1S/C36H57N3O7/c1-24(2)36(46-16-10-15-43-3)27-13-9-14-39(23-27)33-32(34(41)35(33)42)38-30(19-25-11-7-6-8-12-25)31(40)22-37-21-26-17-28(44-4)20-29(18-26)45-5/h17-18,20,24-25,27,30-31,36-38,40H,6-16,19,21-23H2,1-5H3/t27-,30-,31+,36+/m0/s1. The van der Waals surface area contributed by atoms with Gasteiger partial charge in [-0.1, -0.05) is 46.0 Å². The number of hydrogen-bond donors (Lipinski definition) is 3. The highest BCUT2D eigenvalue weighted by molar-refractivity contribution is 5.75. The third-order valence-electron chi connectivity index (χ3n) is 9.78. The maximum atomic E-state index is 13.1. The Morgan fingerprint density at radius 3 is 2.30 bits per heavy atom. The number of aliphatic hydroxyl groups excluding tert-OH is 1. The average Bonchev–Trinajstić information content (AvgIpc) is 3.07. The van der Waals surface area contributed by atoms with Crippen LogP contribution in [0.5, 0.6) is 11.5 Å². The molecular weight excluding hydrogens is 586 g/mol. The molecule has 2 aliphatic rings. The summed E-state index contributed by atoms with van der Waals surface area (Å²) in [4.78, 5) is 28.2. The van der Waals surface area contributed by atoms with Crippen molar-refractivity contribution >= 4 is 11.4 Å². The van der Waals surface area contributed by atoms with Crippen LogP contribution in [0.3, 0.4) is 0 Å². The summed E-state index contributed by atoms with van der Waals surface area (Å²) < 4.78 is 22.3. The van der Waals surface area contributed by atoms with Gasteiger partial charge in [0.1, 0.15) is 22.9 Å². The molecule has 10 heteroatoms. The largest absolute Gasteiger partial charge is 0.497 e. The highest BCUT2D eigenvalue weighted by atomic mass is 16.5. The van der Waals surface area contributed by atoms with Gasteiger partial charge in [-0.2, -0.15) is 0 Å². The number of rotatable bonds is 19. The number of ether oxygens (including phenoxy) is 4. The van der Waals surface area contributed by atoms with Crippen molar-refractivity contribution in [3.05, 3.63) is 44.2 Å². The molecule has 0 amide bonds. The molecule has 3 N–H and O–H groups in total. The van der Waals surface area contributed by atoms with Crippen LogP contribution in [0.2, 0.25) is 0 Å². The minimum atomic E-state index is -0.758. The molecule has 4 atom stereocenters. The number of hydrogen-bond acceptors (Lipinski definition) is 10. The van der Waals surface area contributed by atoms with Crippen molar-refractivity contribution in [1.29, 1.82) is 0 Å². The molecule has 1 aliphatic heterocycles. The molecule has 4 rings (SSSR count). The number of nitrogens with one attached hydrogen (secondary N) is 2. The van der Waals surface area contributed by atoms with E-state index in [1.165, 1.54) is 19.3 Å². The van der Waals surface area contributed by atoms with E-state index in [4.69, 9.17) is 18.9 Å². The van der Waals surface area contributed by atoms with Gasteiger partial charge in [-0.25, -0.2) is 0 Å². The van der Waals surface area contributed by atoms with Gasteiger partial charge in [-0.15, -0.1) is 0 Å². The summed E-state index contributed by atoms with van der Waals surface area (Å²) >= 11 is 0. The Bertz CT molecular complexity index is 1250. The first kappa shape index (κ1) is 36.2. The Balaban J connectivity index is 1.45. The van der Waals surface area contributed by atoms with Gasteiger partial charge < -0.3 is 39.6 Å². The monoisotopic (exact) mass is 643 g/mol.